The third-order valence-corrected chi connectivity index (χ3v) is 1.64. The van der Waals surface area contributed by atoms with Crippen LogP contribution in [0.4, 0.5) is 0 Å². The molecule has 0 heterocycles. The van der Waals surface area contributed by atoms with Crippen LogP contribution in [-0.2, 0) is 9.53 Å². The topological polar surface area (TPSA) is 43.4 Å². The summed E-state index contributed by atoms with van der Waals surface area (Å²) < 4.78 is 5.16. The minimum Gasteiger partial charge on any atom is -0.456 e. The highest BCUT2D eigenvalue weighted by atomic mass is 16.6. The van der Waals surface area contributed by atoms with Crippen molar-refractivity contribution < 1.29 is 14.3 Å². The molecule has 0 saturated heterocycles. The van der Waals surface area contributed by atoms with Crippen LogP contribution >= 0.6 is 0 Å². The quantitative estimate of drug-likeness (QED) is 0.694. The van der Waals surface area contributed by atoms with E-state index in [1.807, 2.05) is 0 Å². The minimum atomic E-state index is -0.507. The molecule has 0 aliphatic rings. The second kappa shape index (κ2) is 4.26. The molecule has 1 aromatic carbocycles. The Morgan fingerprint density at radius 1 is 1.20 bits per heavy atom. The fourth-order valence-corrected chi connectivity index (χ4v) is 1.01. The van der Waals surface area contributed by atoms with Crippen molar-refractivity contribution in [1.82, 2.24) is 0 Å². The van der Waals surface area contributed by atoms with Gasteiger partial charge in [-0.05, 0) is 32.9 Å². The van der Waals surface area contributed by atoms with E-state index in [0.717, 1.165) is 0 Å². The van der Waals surface area contributed by atoms with Gasteiger partial charge in [0.15, 0.2) is 0 Å². The molecule has 0 aliphatic carbocycles. The third kappa shape index (κ3) is 3.54. The fourth-order valence-electron chi connectivity index (χ4n) is 1.01. The van der Waals surface area contributed by atoms with Crippen LogP contribution < -0.4 is 0 Å². The van der Waals surface area contributed by atoms with Gasteiger partial charge >= 0.3 is 5.97 Å². The summed E-state index contributed by atoms with van der Waals surface area (Å²) in [5.74, 6) is -0.389. The van der Waals surface area contributed by atoms with Gasteiger partial charge in [-0.1, -0.05) is 12.1 Å². The van der Waals surface area contributed by atoms with Gasteiger partial charge in [0.1, 0.15) is 5.60 Å². The molecular weight excluding hydrogens is 192 g/mol. The molecule has 15 heavy (non-hydrogen) atoms. The van der Waals surface area contributed by atoms with Crippen LogP contribution in [0.1, 0.15) is 36.7 Å². The first kappa shape index (κ1) is 11.4. The Balaban J connectivity index is 2.79. The lowest BCUT2D eigenvalue weighted by atomic mass is 10.1. The number of rotatable bonds is 2. The zero-order valence-electron chi connectivity index (χ0n) is 9.03. The van der Waals surface area contributed by atoms with Gasteiger partial charge in [0.05, 0.1) is 5.56 Å². The highest BCUT2D eigenvalue weighted by Crippen LogP contribution is 2.12. The molecule has 0 spiro atoms. The molecule has 0 fully saturated rings. The largest absolute Gasteiger partial charge is 0.456 e. The Bertz CT molecular complexity index is 357. The third-order valence-electron chi connectivity index (χ3n) is 1.64. The molecule has 0 aliphatic heterocycles. The van der Waals surface area contributed by atoms with E-state index >= 15 is 0 Å². The number of carbonyl (C=O) groups is 1. The first-order valence-corrected chi connectivity index (χ1v) is 4.64. The van der Waals surface area contributed by atoms with Gasteiger partial charge in [-0.25, -0.2) is 4.79 Å². The van der Waals surface area contributed by atoms with Crippen LogP contribution in [-0.4, -0.2) is 17.9 Å². The van der Waals surface area contributed by atoms with E-state index in [2.05, 4.69) is 0 Å². The van der Waals surface area contributed by atoms with E-state index in [1.54, 1.807) is 39.2 Å². The van der Waals surface area contributed by atoms with Crippen LogP contribution in [0.5, 0.6) is 0 Å². The van der Waals surface area contributed by atoms with Crippen molar-refractivity contribution in [3.8, 4) is 0 Å². The highest BCUT2D eigenvalue weighted by Gasteiger charge is 2.17. The Morgan fingerprint density at radius 3 is 2.13 bits per heavy atom. The van der Waals surface area contributed by atoms with E-state index < -0.39 is 5.60 Å². The summed E-state index contributed by atoms with van der Waals surface area (Å²) in [4.78, 5) is 21.8. The SMILES string of the molecule is CC(C)(C)OC(=O)c1ccc([C]=O)cc1. The maximum Gasteiger partial charge on any atom is 0.338 e. The van der Waals surface area contributed by atoms with Crippen molar-refractivity contribution in [3.63, 3.8) is 0 Å². The lowest BCUT2D eigenvalue weighted by Crippen LogP contribution is -2.23. The van der Waals surface area contributed by atoms with Crippen LogP contribution in [0, 0.1) is 0 Å². The van der Waals surface area contributed by atoms with Gasteiger partial charge < -0.3 is 4.74 Å². The van der Waals surface area contributed by atoms with E-state index in [4.69, 9.17) is 4.74 Å². The average molecular weight is 205 g/mol. The van der Waals surface area contributed by atoms with Crippen LogP contribution in [0.2, 0.25) is 0 Å². The van der Waals surface area contributed by atoms with Crippen molar-refractivity contribution in [2.24, 2.45) is 0 Å². The van der Waals surface area contributed by atoms with E-state index in [9.17, 15) is 9.59 Å². The van der Waals surface area contributed by atoms with Gasteiger partial charge in [0.2, 0.25) is 6.29 Å². The number of ether oxygens (including phenoxy) is 1. The first-order chi connectivity index (χ1) is 6.92. The molecule has 1 radical (unpaired) electrons. The van der Waals surface area contributed by atoms with E-state index in [1.165, 1.54) is 12.1 Å². The maximum atomic E-state index is 11.5. The van der Waals surface area contributed by atoms with E-state index in [-0.39, 0.29) is 5.97 Å². The van der Waals surface area contributed by atoms with Crippen molar-refractivity contribution in [1.29, 1.82) is 0 Å². The van der Waals surface area contributed by atoms with Gasteiger partial charge in [0.25, 0.3) is 0 Å². The molecule has 3 nitrogen and oxygen atoms in total. The molecular formula is C12H13O3. The normalized spacial score (nSPS) is 10.9. The summed E-state index contributed by atoms with van der Waals surface area (Å²) in [5.41, 5.74) is 0.346. The second-order valence-electron chi connectivity index (χ2n) is 4.18. The van der Waals surface area contributed by atoms with Crippen LogP contribution in [0.3, 0.4) is 0 Å². The van der Waals surface area contributed by atoms with Crippen molar-refractivity contribution >= 4 is 12.3 Å². The predicted molar refractivity (Wildman–Crippen MR) is 56.4 cm³/mol. The van der Waals surface area contributed by atoms with Gasteiger partial charge in [-0.15, -0.1) is 0 Å². The summed E-state index contributed by atoms with van der Waals surface area (Å²) in [7, 11) is 0. The van der Waals surface area contributed by atoms with E-state index in [0.29, 0.717) is 11.1 Å². The molecule has 1 rings (SSSR count). The number of hydrogen-bond acceptors (Lipinski definition) is 3. The minimum absolute atomic E-state index is 0.389. The summed E-state index contributed by atoms with van der Waals surface area (Å²) in [6.45, 7) is 5.41. The maximum absolute atomic E-state index is 11.5. The molecule has 0 N–H and O–H groups in total. The number of esters is 1. The molecule has 0 bridgehead atoms. The van der Waals surface area contributed by atoms with Crippen molar-refractivity contribution in [2.45, 2.75) is 26.4 Å². The standard InChI is InChI=1S/C12H13O3/c1-12(2,3)15-11(14)10-6-4-9(8-13)5-7-10/h4-7H,1-3H3. The molecule has 0 amide bonds. The van der Waals surface area contributed by atoms with Gasteiger partial charge in [0, 0.05) is 5.56 Å². The van der Waals surface area contributed by atoms with Crippen molar-refractivity contribution in [3.05, 3.63) is 35.4 Å². The van der Waals surface area contributed by atoms with Crippen molar-refractivity contribution in [2.75, 3.05) is 0 Å². The Kier molecular flexibility index (Phi) is 3.24. The summed E-state index contributed by atoms with van der Waals surface area (Å²) in [5, 5.41) is 0. The summed E-state index contributed by atoms with van der Waals surface area (Å²) in [6.07, 6.45) is 1.74. The molecule has 1 aromatic rings. The number of benzene rings is 1. The monoisotopic (exact) mass is 205 g/mol. The molecule has 0 aromatic heterocycles. The van der Waals surface area contributed by atoms with Gasteiger partial charge in [-0.2, -0.15) is 0 Å². The molecule has 3 heteroatoms. The zero-order valence-corrected chi connectivity index (χ0v) is 9.03. The predicted octanol–water partition coefficient (Wildman–Crippen LogP) is 2.10. The average Bonchev–Trinajstić information content (AvgIpc) is 2.15. The van der Waals surface area contributed by atoms with Gasteiger partial charge in [-0.3, -0.25) is 4.79 Å². The summed E-state index contributed by atoms with van der Waals surface area (Å²) in [6, 6.07) is 6.17. The fraction of sp³-hybridized carbons (Fsp3) is 0.333. The molecule has 0 saturated carbocycles. The zero-order chi connectivity index (χ0) is 11.5. The highest BCUT2D eigenvalue weighted by molar-refractivity contribution is 5.90. The molecule has 0 atom stereocenters. The van der Waals surface area contributed by atoms with Crippen LogP contribution in [0.15, 0.2) is 24.3 Å². The Hall–Kier alpha value is -1.64. The number of hydrogen-bond donors (Lipinski definition) is 0. The molecule has 79 valence electrons. The Labute approximate surface area is 89.1 Å². The van der Waals surface area contributed by atoms with Crippen LogP contribution in [0.25, 0.3) is 0 Å². The second-order valence-corrected chi connectivity index (χ2v) is 4.18. The number of carbonyl (C=O) groups excluding carboxylic acids is 2. The lowest BCUT2D eigenvalue weighted by Gasteiger charge is -2.19. The smallest absolute Gasteiger partial charge is 0.338 e. The Morgan fingerprint density at radius 2 is 1.73 bits per heavy atom. The summed E-state index contributed by atoms with van der Waals surface area (Å²) >= 11 is 0. The molecule has 0 unspecified atom stereocenters. The first-order valence-electron chi connectivity index (χ1n) is 4.64. The lowest BCUT2D eigenvalue weighted by molar-refractivity contribution is 0.00695.